The second-order valence-electron chi connectivity index (χ2n) is 4.69. The van der Waals surface area contributed by atoms with E-state index in [0.717, 1.165) is 12.2 Å². The number of aliphatic carboxylic acids is 1. The van der Waals surface area contributed by atoms with Crippen molar-refractivity contribution in [3.63, 3.8) is 0 Å². The van der Waals surface area contributed by atoms with Crippen molar-refractivity contribution in [1.29, 1.82) is 0 Å². The highest BCUT2D eigenvalue weighted by atomic mass is 16.4. The Morgan fingerprint density at radius 3 is 2.75 bits per heavy atom. The number of hydrogen-bond acceptors (Lipinski definition) is 4. The van der Waals surface area contributed by atoms with Crippen LogP contribution in [0.3, 0.4) is 0 Å². The van der Waals surface area contributed by atoms with Gasteiger partial charge in [-0.1, -0.05) is 6.92 Å². The summed E-state index contributed by atoms with van der Waals surface area (Å²) < 4.78 is 0. The largest absolute Gasteiger partial charge is 0.481 e. The zero-order valence-electron chi connectivity index (χ0n) is 11.6. The van der Waals surface area contributed by atoms with Crippen molar-refractivity contribution in [2.45, 2.75) is 32.6 Å². The highest BCUT2D eigenvalue weighted by Crippen LogP contribution is 2.08. The maximum absolute atomic E-state index is 11.5. The number of nitrogens with one attached hydrogen (secondary N) is 3. The van der Waals surface area contributed by atoms with E-state index in [2.05, 4.69) is 25.8 Å². The zero-order chi connectivity index (χ0) is 14.8. The molecule has 1 heterocycles. The van der Waals surface area contributed by atoms with Gasteiger partial charge in [0, 0.05) is 25.9 Å². The van der Waals surface area contributed by atoms with Gasteiger partial charge in [0.15, 0.2) is 0 Å². The van der Waals surface area contributed by atoms with E-state index in [1.807, 2.05) is 6.92 Å². The summed E-state index contributed by atoms with van der Waals surface area (Å²) in [6.07, 6.45) is 3.59. The maximum atomic E-state index is 11.5. The van der Waals surface area contributed by atoms with Gasteiger partial charge in [-0.3, -0.25) is 9.89 Å². The number of carboxylic acids is 1. The molecule has 8 nitrogen and oxygen atoms in total. The third-order valence-corrected chi connectivity index (χ3v) is 2.89. The van der Waals surface area contributed by atoms with Gasteiger partial charge in [-0.15, -0.1) is 0 Å². The monoisotopic (exact) mass is 283 g/mol. The van der Waals surface area contributed by atoms with Crippen LogP contribution in [0.15, 0.2) is 6.33 Å². The van der Waals surface area contributed by atoms with E-state index in [0.29, 0.717) is 25.9 Å². The molecule has 0 aromatic carbocycles. The molecule has 2 amide bonds. The molecular weight excluding hydrogens is 262 g/mol. The van der Waals surface area contributed by atoms with Crippen molar-refractivity contribution >= 4 is 12.0 Å². The lowest BCUT2D eigenvalue weighted by Crippen LogP contribution is -2.37. The number of carbonyl (C=O) groups is 2. The summed E-state index contributed by atoms with van der Waals surface area (Å²) in [7, 11) is 0. The summed E-state index contributed by atoms with van der Waals surface area (Å²) in [6.45, 7) is 3.00. The van der Waals surface area contributed by atoms with Crippen LogP contribution in [-0.2, 0) is 11.2 Å². The van der Waals surface area contributed by atoms with Crippen LogP contribution in [0.1, 0.15) is 32.0 Å². The predicted octanol–water partition coefficient (Wildman–Crippen LogP) is 0.537. The molecule has 0 aliphatic heterocycles. The molecule has 0 saturated heterocycles. The molecule has 0 radical (unpaired) electrons. The Hall–Kier alpha value is -2.12. The first kappa shape index (κ1) is 15.9. The Morgan fingerprint density at radius 2 is 2.10 bits per heavy atom. The van der Waals surface area contributed by atoms with Gasteiger partial charge in [0.25, 0.3) is 0 Å². The predicted molar refractivity (Wildman–Crippen MR) is 72.1 cm³/mol. The van der Waals surface area contributed by atoms with Gasteiger partial charge in [0.1, 0.15) is 12.2 Å². The third-order valence-electron chi connectivity index (χ3n) is 2.89. The Bertz CT molecular complexity index is 407. The van der Waals surface area contributed by atoms with Crippen LogP contribution in [0.4, 0.5) is 4.79 Å². The van der Waals surface area contributed by atoms with E-state index in [-0.39, 0.29) is 18.4 Å². The van der Waals surface area contributed by atoms with Gasteiger partial charge in [-0.25, -0.2) is 9.78 Å². The SMILES string of the molecule is CC(CCNC(=O)NCCc1ncn[nH]1)CCC(=O)O. The first-order chi connectivity index (χ1) is 9.58. The molecule has 1 atom stereocenters. The van der Waals surface area contributed by atoms with Crippen molar-refractivity contribution < 1.29 is 14.7 Å². The Balaban J connectivity index is 2.00. The number of urea groups is 1. The Labute approximate surface area is 117 Å². The average molecular weight is 283 g/mol. The van der Waals surface area contributed by atoms with Gasteiger partial charge in [-0.2, -0.15) is 5.10 Å². The molecular formula is C12H21N5O3. The number of carbonyl (C=O) groups excluding carboxylic acids is 1. The average Bonchev–Trinajstić information content (AvgIpc) is 2.89. The molecule has 1 unspecified atom stereocenters. The molecule has 1 aromatic heterocycles. The molecule has 0 spiro atoms. The molecule has 0 bridgehead atoms. The minimum Gasteiger partial charge on any atom is -0.481 e. The lowest BCUT2D eigenvalue weighted by Gasteiger charge is -2.11. The van der Waals surface area contributed by atoms with Crippen LogP contribution in [-0.4, -0.2) is 45.4 Å². The van der Waals surface area contributed by atoms with Gasteiger partial charge >= 0.3 is 12.0 Å². The number of nitrogens with zero attached hydrogens (tertiary/aromatic N) is 2. The van der Waals surface area contributed by atoms with E-state index >= 15 is 0 Å². The highest BCUT2D eigenvalue weighted by Gasteiger charge is 2.06. The Kier molecular flexibility index (Phi) is 7.08. The number of amides is 2. The fourth-order valence-corrected chi connectivity index (χ4v) is 1.65. The fraction of sp³-hybridized carbons (Fsp3) is 0.667. The molecule has 112 valence electrons. The van der Waals surface area contributed by atoms with Crippen LogP contribution in [0, 0.1) is 5.92 Å². The minimum atomic E-state index is -0.782. The smallest absolute Gasteiger partial charge is 0.314 e. The van der Waals surface area contributed by atoms with E-state index in [1.54, 1.807) is 0 Å². The van der Waals surface area contributed by atoms with Gasteiger partial charge in [0.2, 0.25) is 0 Å². The highest BCUT2D eigenvalue weighted by molar-refractivity contribution is 5.73. The molecule has 20 heavy (non-hydrogen) atoms. The van der Waals surface area contributed by atoms with Crippen LogP contribution >= 0.6 is 0 Å². The van der Waals surface area contributed by atoms with Crippen molar-refractivity contribution in [3.05, 3.63) is 12.2 Å². The lowest BCUT2D eigenvalue weighted by atomic mass is 10.0. The summed E-state index contributed by atoms with van der Waals surface area (Å²) in [5, 5.41) is 20.4. The van der Waals surface area contributed by atoms with E-state index < -0.39 is 5.97 Å². The lowest BCUT2D eigenvalue weighted by molar-refractivity contribution is -0.137. The van der Waals surface area contributed by atoms with Crippen LogP contribution in [0.2, 0.25) is 0 Å². The van der Waals surface area contributed by atoms with E-state index in [9.17, 15) is 9.59 Å². The topological polar surface area (TPSA) is 120 Å². The zero-order valence-corrected chi connectivity index (χ0v) is 11.6. The fourth-order valence-electron chi connectivity index (χ4n) is 1.65. The number of H-pyrrole nitrogens is 1. The van der Waals surface area contributed by atoms with Crippen LogP contribution < -0.4 is 10.6 Å². The molecule has 1 aromatic rings. The molecule has 8 heteroatoms. The van der Waals surface area contributed by atoms with Crippen molar-refractivity contribution in [3.8, 4) is 0 Å². The van der Waals surface area contributed by atoms with Gasteiger partial charge in [-0.05, 0) is 18.8 Å². The molecule has 0 fully saturated rings. The quantitative estimate of drug-likeness (QED) is 0.527. The number of hydrogen-bond donors (Lipinski definition) is 4. The van der Waals surface area contributed by atoms with Gasteiger partial charge < -0.3 is 15.7 Å². The molecule has 1 rings (SSSR count). The van der Waals surface area contributed by atoms with Crippen LogP contribution in [0.5, 0.6) is 0 Å². The third kappa shape index (κ3) is 7.34. The number of carboxylic acid groups (broad SMARTS) is 1. The van der Waals surface area contributed by atoms with Crippen LogP contribution in [0.25, 0.3) is 0 Å². The van der Waals surface area contributed by atoms with Crippen molar-refractivity contribution in [2.24, 2.45) is 5.92 Å². The number of rotatable bonds is 9. The summed E-state index contributed by atoms with van der Waals surface area (Å²) in [4.78, 5) is 25.8. The number of aromatic amines is 1. The normalized spacial score (nSPS) is 11.8. The molecule has 4 N–H and O–H groups in total. The van der Waals surface area contributed by atoms with Gasteiger partial charge in [0.05, 0.1) is 0 Å². The standard InChI is InChI=1S/C12H21N5O3/c1-9(2-3-11(18)19)4-6-13-12(20)14-7-5-10-15-8-16-17-10/h8-9H,2-7H2,1H3,(H,18,19)(H2,13,14,20)(H,15,16,17). The first-order valence-corrected chi connectivity index (χ1v) is 6.65. The first-order valence-electron chi connectivity index (χ1n) is 6.65. The summed E-state index contributed by atoms with van der Waals surface area (Å²) in [5.41, 5.74) is 0. The van der Waals surface area contributed by atoms with Crippen molar-refractivity contribution in [1.82, 2.24) is 25.8 Å². The van der Waals surface area contributed by atoms with E-state index in [1.165, 1.54) is 6.33 Å². The number of aromatic nitrogens is 3. The second-order valence-corrected chi connectivity index (χ2v) is 4.69. The molecule has 0 aliphatic carbocycles. The summed E-state index contributed by atoms with van der Waals surface area (Å²) >= 11 is 0. The molecule has 0 saturated carbocycles. The summed E-state index contributed by atoms with van der Waals surface area (Å²) in [6, 6.07) is -0.227. The Morgan fingerprint density at radius 1 is 1.35 bits per heavy atom. The maximum Gasteiger partial charge on any atom is 0.314 e. The van der Waals surface area contributed by atoms with Crippen molar-refractivity contribution in [2.75, 3.05) is 13.1 Å². The summed E-state index contributed by atoms with van der Waals surface area (Å²) in [5.74, 6) is 0.225. The second kappa shape index (κ2) is 8.89. The molecule has 0 aliphatic rings. The van der Waals surface area contributed by atoms with E-state index in [4.69, 9.17) is 5.11 Å². The minimum absolute atomic E-state index is 0.171.